The van der Waals surface area contributed by atoms with Crippen LogP contribution in [-0.4, -0.2) is 16.8 Å². The maximum atomic E-state index is 8.86. The van der Waals surface area contributed by atoms with E-state index in [1.54, 1.807) is 6.20 Å². The minimum absolute atomic E-state index is 0.486. The molecular formula is C10H14N4. The van der Waals surface area contributed by atoms with Gasteiger partial charge in [0.05, 0.1) is 12.2 Å². The van der Waals surface area contributed by atoms with Crippen LogP contribution in [0.2, 0.25) is 0 Å². The van der Waals surface area contributed by atoms with E-state index in [4.69, 9.17) is 5.26 Å². The Bertz CT molecular complexity index is 355. The highest BCUT2D eigenvalue weighted by Crippen LogP contribution is 2.32. The average Bonchev–Trinajstić information content (AvgIpc) is 2.85. The lowest BCUT2D eigenvalue weighted by atomic mass is 10.2. The third-order valence-electron chi connectivity index (χ3n) is 2.82. The number of hydrogen-bond donors (Lipinski definition) is 1. The van der Waals surface area contributed by atoms with Gasteiger partial charge < -0.3 is 5.32 Å². The van der Waals surface area contributed by atoms with Crippen molar-refractivity contribution in [2.24, 2.45) is 0 Å². The number of nitriles is 1. The van der Waals surface area contributed by atoms with Crippen LogP contribution in [0, 0.1) is 11.3 Å². The Hall–Kier alpha value is -1.50. The van der Waals surface area contributed by atoms with Gasteiger partial charge in [0.15, 0.2) is 0 Å². The number of rotatable bonds is 2. The van der Waals surface area contributed by atoms with Crippen LogP contribution in [0.25, 0.3) is 0 Å². The zero-order valence-corrected chi connectivity index (χ0v) is 8.32. The van der Waals surface area contributed by atoms with Crippen LogP contribution in [0.1, 0.15) is 37.3 Å². The first kappa shape index (κ1) is 9.07. The summed E-state index contributed by atoms with van der Waals surface area (Å²) in [5.74, 6) is 0.861. The summed E-state index contributed by atoms with van der Waals surface area (Å²) in [5.41, 5.74) is 0.638. The number of nitrogens with one attached hydrogen (secondary N) is 1. The second kappa shape index (κ2) is 3.70. The summed E-state index contributed by atoms with van der Waals surface area (Å²) < 4.78 is 1.96. The largest absolute Gasteiger partial charge is 0.372 e. The van der Waals surface area contributed by atoms with Crippen molar-refractivity contribution in [3.8, 4) is 6.07 Å². The molecule has 0 unspecified atom stereocenters. The van der Waals surface area contributed by atoms with Crippen molar-refractivity contribution < 1.29 is 0 Å². The third kappa shape index (κ3) is 1.35. The smallest absolute Gasteiger partial charge is 0.142 e. The Morgan fingerprint density at radius 3 is 2.86 bits per heavy atom. The molecule has 0 atom stereocenters. The topological polar surface area (TPSA) is 53.6 Å². The summed E-state index contributed by atoms with van der Waals surface area (Å²) in [4.78, 5) is 0. The van der Waals surface area contributed by atoms with Crippen LogP contribution in [-0.2, 0) is 0 Å². The average molecular weight is 190 g/mol. The fourth-order valence-electron chi connectivity index (χ4n) is 2.12. The number of hydrogen-bond acceptors (Lipinski definition) is 3. The highest BCUT2D eigenvalue weighted by Gasteiger charge is 2.21. The van der Waals surface area contributed by atoms with Gasteiger partial charge >= 0.3 is 0 Å². The van der Waals surface area contributed by atoms with Crippen molar-refractivity contribution >= 4 is 5.82 Å². The lowest BCUT2D eigenvalue weighted by molar-refractivity contribution is 0.472. The summed E-state index contributed by atoms with van der Waals surface area (Å²) in [7, 11) is 1.84. The van der Waals surface area contributed by atoms with Crippen LogP contribution < -0.4 is 5.32 Å². The molecule has 0 amide bonds. The number of aromatic nitrogens is 2. The maximum absolute atomic E-state index is 8.86. The zero-order chi connectivity index (χ0) is 9.97. The second-order valence-electron chi connectivity index (χ2n) is 3.65. The predicted molar refractivity (Wildman–Crippen MR) is 54.0 cm³/mol. The molecule has 14 heavy (non-hydrogen) atoms. The van der Waals surface area contributed by atoms with E-state index in [1.165, 1.54) is 25.7 Å². The molecule has 1 aliphatic rings. The first-order chi connectivity index (χ1) is 6.86. The van der Waals surface area contributed by atoms with E-state index in [2.05, 4.69) is 16.5 Å². The highest BCUT2D eigenvalue weighted by molar-refractivity contribution is 5.51. The van der Waals surface area contributed by atoms with Gasteiger partial charge in [-0.05, 0) is 12.8 Å². The molecule has 1 N–H and O–H groups in total. The van der Waals surface area contributed by atoms with Crippen LogP contribution in [0.3, 0.4) is 0 Å². The van der Waals surface area contributed by atoms with Crippen molar-refractivity contribution in [2.75, 3.05) is 12.4 Å². The fourth-order valence-corrected chi connectivity index (χ4v) is 2.12. The fraction of sp³-hybridized carbons (Fsp3) is 0.600. The molecule has 4 nitrogen and oxygen atoms in total. The first-order valence-electron chi connectivity index (χ1n) is 5.02. The molecule has 1 aliphatic carbocycles. The number of anilines is 1. The minimum Gasteiger partial charge on any atom is -0.372 e. The van der Waals surface area contributed by atoms with E-state index in [0.29, 0.717) is 11.6 Å². The van der Waals surface area contributed by atoms with Gasteiger partial charge in [-0.3, -0.25) is 0 Å². The van der Waals surface area contributed by atoms with Gasteiger partial charge in [0.1, 0.15) is 17.5 Å². The summed E-state index contributed by atoms with van der Waals surface area (Å²) in [6.07, 6.45) is 6.55. The molecular weight excluding hydrogens is 176 g/mol. The normalized spacial score (nSPS) is 16.9. The van der Waals surface area contributed by atoms with Gasteiger partial charge in [0, 0.05) is 7.05 Å². The second-order valence-corrected chi connectivity index (χ2v) is 3.65. The van der Waals surface area contributed by atoms with Gasteiger partial charge in [0.25, 0.3) is 0 Å². The summed E-state index contributed by atoms with van der Waals surface area (Å²) in [6.45, 7) is 0. The Morgan fingerprint density at radius 2 is 2.29 bits per heavy atom. The Morgan fingerprint density at radius 1 is 1.57 bits per heavy atom. The van der Waals surface area contributed by atoms with Crippen molar-refractivity contribution in [1.29, 1.82) is 5.26 Å². The van der Waals surface area contributed by atoms with Gasteiger partial charge in [0.2, 0.25) is 0 Å². The molecule has 0 aliphatic heterocycles. The molecule has 1 heterocycles. The van der Waals surface area contributed by atoms with Crippen LogP contribution >= 0.6 is 0 Å². The molecule has 2 rings (SSSR count). The lowest BCUT2D eigenvalue weighted by Crippen LogP contribution is -2.10. The summed E-state index contributed by atoms with van der Waals surface area (Å²) in [5, 5.41) is 16.2. The summed E-state index contributed by atoms with van der Waals surface area (Å²) in [6, 6.07) is 2.63. The molecule has 1 saturated carbocycles. The molecule has 0 spiro atoms. The molecule has 1 fully saturated rings. The van der Waals surface area contributed by atoms with Crippen LogP contribution in [0.15, 0.2) is 6.20 Å². The molecule has 74 valence electrons. The van der Waals surface area contributed by atoms with Crippen LogP contribution in [0.5, 0.6) is 0 Å². The van der Waals surface area contributed by atoms with Crippen molar-refractivity contribution in [3.63, 3.8) is 0 Å². The lowest BCUT2D eigenvalue weighted by Gasteiger charge is -2.13. The summed E-state index contributed by atoms with van der Waals surface area (Å²) >= 11 is 0. The van der Waals surface area contributed by atoms with Crippen LogP contribution in [0.4, 0.5) is 5.82 Å². The van der Waals surface area contributed by atoms with E-state index >= 15 is 0 Å². The van der Waals surface area contributed by atoms with E-state index in [9.17, 15) is 0 Å². The predicted octanol–water partition coefficient (Wildman–Crippen LogP) is 1.91. The molecule has 0 aromatic carbocycles. The number of nitrogens with zero attached hydrogens (tertiary/aromatic N) is 3. The molecule has 0 bridgehead atoms. The third-order valence-corrected chi connectivity index (χ3v) is 2.82. The Labute approximate surface area is 83.5 Å². The maximum Gasteiger partial charge on any atom is 0.142 e. The highest BCUT2D eigenvalue weighted by atomic mass is 15.3. The van der Waals surface area contributed by atoms with Gasteiger partial charge in [-0.2, -0.15) is 10.4 Å². The van der Waals surface area contributed by atoms with Crippen molar-refractivity contribution in [2.45, 2.75) is 31.7 Å². The van der Waals surface area contributed by atoms with E-state index < -0.39 is 0 Å². The van der Waals surface area contributed by atoms with Crippen molar-refractivity contribution in [1.82, 2.24) is 9.78 Å². The SMILES string of the molecule is CNc1c(C#N)cnn1C1CCCC1. The van der Waals surface area contributed by atoms with E-state index in [1.807, 2.05) is 11.7 Å². The van der Waals surface area contributed by atoms with Gasteiger partial charge in [-0.25, -0.2) is 4.68 Å². The van der Waals surface area contributed by atoms with E-state index in [0.717, 1.165) is 5.82 Å². The Balaban J connectivity index is 2.33. The minimum atomic E-state index is 0.486. The first-order valence-corrected chi connectivity index (χ1v) is 5.02. The van der Waals surface area contributed by atoms with Gasteiger partial charge in [-0.1, -0.05) is 12.8 Å². The molecule has 1 aromatic rings. The molecule has 0 saturated heterocycles. The standard InChI is InChI=1S/C10H14N4/c1-12-10-8(6-11)7-13-14(10)9-4-2-3-5-9/h7,9,12H,2-5H2,1H3. The zero-order valence-electron chi connectivity index (χ0n) is 8.32. The monoisotopic (exact) mass is 190 g/mol. The molecule has 1 aromatic heterocycles. The Kier molecular flexibility index (Phi) is 2.40. The molecule has 0 radical (unpaired) electrons. The quantitative estimate of drug-likeness (QED) is 0.775. The van der Waals surface area contributed by atoms with Crippen molar-refractivity contribution in [3.05, 3.63) is 11.8 Å². The van der Waals surface area contributed by atoms with E-state index in [-0.39, 0.29) is 0 Å². The van der Waals surface area contributed by atoms with Gasteiger partial charge in [-0.15, -0.1) is 0 Å². The molecule has 4 heteroatoms.